The minimum absolute atomic E-state index is 0.117. The van der Waals surface area contributed by atoms with Gasteiger partial charge in [-0.1, -0.05) is 0 Å². The lowest BCUT2D eigenvalue weighted by Gasteiger charge is -2.24. The lowest BCUT2D eigenvalue weighted by Crippen LogP contribution is -2.46. The molecular formula is C16H26F3N5O2. The van der Waals surface area contributed by atoms with Crippen molar-refractivity contribution >= 4 is 17.8 Å². The summed E-state index contributed by atoms with van der Waals surface area (Å²) < 4.78 is 37.4. The highest BCUT2D eigenvalue weighted by Crippen LogP contribution is 2.19. The summed E-state index contributed by atoms with van der Waals surface area (Å²) in [6.45, 7) is 2.75. The number of aliphatic imine (C=N–C) groups is 1. The van der Waals surface area contributed by atoms with E-state index in [1.807, 2.05) is 6.92 Å². The largest absolute Gasteiger partial charge is 0.401 e. The number of amides is 2. The monoisotopic (exact) mass is 377 g/mol. The summed E-state index contributed by atoms with van der Waals surface area (Å²) >= 11 is 0. The van der Waals surface area contributed by atoms with Crippen molar-refractivity contribution in [1.82, 2.24) is 20.4 Å². The molecule has 148 valence electrons. The minimum Gasteiger partial charge on any atom is -0.357 e. The Morgan fingerprint density at radius 2 is 1.96 bits per heavy atom. The molecule has 0 saturated carbocycles. The first-order valence-electron chi connectivity index (χ1n) is 8.95. The predicted octanol–water partition coefficient (Wildman–Crippen LogP) is 0.717. The highest BCUT2D eigenvalue weighted by Gasteiger charge is 2.34. The first-order chi connectivity index (χ1) is 12.3. The van der Waals surface area contributed by atoms with Crippen molar-refractivity contribution < 1.29 is 22.8 Å². The summed E-state index contributed by atoms with van der Waals surface area (Å²) in [6, 6.07) is -0.117. The molecule has 2 N–H and O–H groups in total. The van der Waals surface area contributed by atoms with Gasteiger partial charge >= 0.3 is 6.18 Å². The number of carbonyl (C=O) groups excluding carboxylic acids is 2. The van der Waals surface area contributed by atoms with Crippen LogP contribution in [-0.2, 0) is 9.59 Å². The van der Waals surface area contributed by atoms with Crippen molar-refractivity contribution in [3.05, 3.63) is 0 Å². The second kappa shape index (κ2) is 9.20. The first-order valence-corrected chi connectivity index (χ1v) is 8.95. The van der Waals surface area contributed by atoms with E-state index in [4.69, 9.17) is 0 Å². The van der Waals surface area contributed by atoms with E-state index >= 15 is 0 Å². The number of piperidine rings is 1. The average Bonchev–Trinajstić information content (AvgIpc) is 2.95. The van der Waals surface area contributed by atoms with E-state index in [1.165, 1.54) is 9.80 Å². The summed E-state index contributed by atoms with van der Waals surface area (Å²) in [5.74, 6) is 0.143. The Balaban J connectivity index is 1.83. The molecule has 0 radical (unpaired) electrons. The molecule has 7 nitrogen and oxygen atoms in total. The summed E-state index contributed by atoms with van der Waals surface area (Å²) in [4.78, 5) is 30.5. The van der Waals surface area contributed by atoms with Crippen LogP contribution >= 0.6 is 0 Å². The van der Waals surface area contributed by atoms with Crippen LogP contribution in [0.15, 0.2) is 4.99 Å². The zero-order valence-electron chi connectivity index (χ0n) is 14.9. The highest BCUT2D eigenvalue weighted by atomic mass is 19.4. The fourth-order valence-corrected chi connectivity index (χ4v) is 3.17. The van der Waals surface area contributed by atoms with E-state index < -0.39 is 12.7 Å². The number of hydrogen-bond donors (Lipinski definition) is 2. The van der Waals surface area contributed by atoms with Gasteiger partial charge in [0.1, 0.15) is 0 Å². The number of nitrogens with zero attached hydrogens (tertiary/aromatic N) is 3. The third-order valence-electron chi connectivity index (χ3n) is 4.34. The maximum Gasteiger partial charge on any atom is 0.401 e. The maximum atomic E-state index is 12.5. The Hall–Kier alpha value is -1.84. The van der Waals surface area contributed by atoms with E-state index in [0.717, 1.165) is 0 Å². The SMILES string of the molecule is CCNC(=NCCN1C(=O)CCCC1=O)NC1CCN(CC(F)(F)F)C1. The average molecular weight is 377 g/mol. The number of likely N-dealkylation sites (tertiary alicyclic amines) is 2. The Bertz CT molecular complexity index is 522. The summed E-state index contributed by atoms with van der Waals surface area (Å²) in [5.41, 5.74) is 0. The summed E-state index contributed by atoms with van der Waals surface area (Å²) in [5, 5.41) is 6.18. The molecular weight excluding hydrogens is 351 g/mol. The van der Waals surface area contributed by atoms with Gasteiger partial charge in [-0.05, 0) is 19.8 Å². The number of imide groups is 1. The number of alkyl halides is 3. The number of rotatable bonds is 6. The van der Waals surface area contributed by atoms with Gasteiger partial charge in [0.05, 0.1) is 13.1 Å². The van der Waals surface area contributed by atoms with Gasteiger partial charge < -0.3 is 10.6 Å². The van der Waals surface area contributed by atoms with Crippen molar-refractivity contribution in [2.24, 2.45) is 4.99 Å². The van der Waals surface area contributed by atoms with Crippen molar-refractivity contribution in [2.75, 3.05) is 39.3 Å². The number of hydrogen-bond acceptors (Lipinski definition) is 4. The van der Waals surface area contributed by atoms with Crippen LogP contribution in [0, 0.1) is 0 Å². The molecule has 2 amide bonds. The topological polar surface area (TPSA) is 77.0 Å². The van der Waals surface area contributed by atoms with Gasteiger partial charge in [-0.2, -0.15) is 13.2 Å². The second-order valence-electron chi connectivity index (χ2n) is 6.53. The molecule has 1 atom stereocenters. The molecule has 1 unspecified atom stereocenters. The molecule has 2 rings (SSSR count). The van der Waals surface area contributed by atoms with Gasteiger partial charge in [0, 0.05) is 45.1 Å². The molecule has 0 aromatic rings. The fraction of sp³-hybridized carbons (Fsp3) is 0.812. The number of halogens is 3. The van der Waals surface area contributed by atoms with Crippen LogP contribution in [-0.4, -0.2) is 79.1 Å². The van der Waals surface area contributed by atoms with Crippen molar-refractivity contribution in [3.8, 4) is 0 Å². The van der Waals surface area contributed by atoms with Crippen molar-refractivity contribution in [1.29, 1.82) is 0 Å². The van der Waals surface area contributed by atoms with E-state index in [-0.39, 0.29) is 30.9 Å². The van der Waals surface area contributed by atoms with E-state index in [2.05, 4.69) is 15.6 Å². The van der Waals surface area contributed by atoms with Crippen LogP contribution in [0.3, 0.4) is 0 Å². The maximum absolute atomic E-state index is 12.5. The first kappa shape index (κ1) is 20.5. The molecule has 26 heavy (non-hydrogen) atoms. The molecule has 0 bridgehead atoms. The normalized spacial score (nSPS) is 22.8. The molecule has 0 spiro atoms. The molecule has 0 aliphatic carbocycles. The van der Waals surface area contributed by atoms with E-state index in [0.29, 0.717) is 51.3 Å². The summed E-state index contributed by atoms with van der Waals surface area (Å²) in [6.07, 6.45) is -2.24. The zero-order chi connectivity index (χ0) is 19.2. The van der Waals surface area contributed by atoms with Crippen LogP contribution in [0.1, 0.15) is 32.6 Å². The van der Waals surface area contributed by atoms with Gasteiger partial charge in [0.15, 0.2) is 5.96 Å². The smallest absolute Gasteiger partial charge is 0.357 e. The Kier molecular flexibility index (Phi) is 7.24. The van der Waals surface area contributed by atoms with E-state index in [9.17, 15) is 22.8 Å². The van der Waals surface area contributed by atoms with Crippen molar-refractivity contribution in [3.63, 3.8) is 0 Å². The van der Waals surface area contributed by atoms with Gasteiger partial charge in [0.25, 0.3) is 0 Å². The fourth-order valence-electron chi connectivity index (χ4n) is 3.17. The molecule has 0 aromatic carbocycles. The third kappa shape index (κ3) is 6.47. The molecule has 2 aliphatic heterocycles. The van der Waals surface area contributed by atoms with E-state index in [1.54, 1.807) is 0 Å². The summed E-state index contributed by atoms with van der Waals surface area (Å²) in [7, 11) is 0. The number of carbonyl (C=O) groups is 2. The quantitative estimate of drug-likeness (QED) is 0.405. The van der Waals surface area contributed by atoms with Gasteiger partial charge in [0.2, 0.25) is 11.8 Å². The van der Waals surface area contributed by atoms with Gasteiger partial charge in [-0.25, -0.2) is 0 Å². The Morgan fingerprint density at radius 3 is 2.58 bits per heavy atom. The van der Waals surface area contributed by atoms with Gasteiger partial charge in [-0.15, -0.1) is 0 Å². The zero-order valence-corrected chi connectivity index (χ0v) is 14.9. The highest BCUT2D eigenvalue weighted by molar-refractivity contribution is 5.97. The molecule has 2 fully saturated rings. The van der Waals surface area contributed by atoms with Gasteiger partial charge in [-0.3, -0.25) is 24.4 Å². The molecule has 2 saturated heterocycles. The van der Waals surface area contributed by atoms with Crippen molar-refractivity contribution in [2.45, 2.75) is 44.8 Å². The molecule has 2 aliphatic rings. The number of guanidine groups is 1. The Morgan fingerprint density at radius 1 is 1.27 bits per heavy atom. The van der Waals surface area contributed by atoms with Crippen LogP contribution in [0.5, 0.6) is 0 Å². The minimum atomic E-state index is -4.19. The van der Waals surface area contributed by atoms with Crippen LogP contribution in [0.2, 0.25) is 0 Å². The van der Waals surface area contributed by atoms with Crippen LogP contribution in [0.4, 0.5) is 13.2 Å². The Labute approximate surface area is 151 Å². The van der Waals surface area contributed by atoms with Crippen LogP contribution < -0.4 is 10.6 Å². The third-order valence-corrected chi connectivity index (χ3v) is 4.34. The lowest BCUT2D eigenvalue weighted by atomic mass is 10.1. The molecule has 10 heteroatoms. The second-order valence-corrected chi connectivity index (χ2v) is 6.53. The molecule has 0 aromatic heterocycles. The predicted molar refractivity (Wildman–Crippen MR) is 90.6 cm³/mol. The number of nitrogens with one attached hydrogen (secondary N) is 2. The van der Waals surface area contributed by atoms with Crippen LogP contribution in [0.25, 0.3) is 0 Å². The molecule has 2 heterocycles. The lowest BCUT2D eigenvalue weighted by molar-refractivity contribution is -0.148. The standard InChI is InChI=1S/C16H26F3N5O2/c1-2-20-15(21-7-9-24-13(25)4-3-5-14(24)26)22-12-6-8-23(10-12)11-16(17,18)19/h12H,2-11H2,1H3,(H2,20,21,22).